The van der Waals surface area contributed by atoms with Crippen molar-refractivity contribution in [1.29, 1.82) is 0 Å². The van der Waals surface area contributed by atoms with Crippen molar-refractivity contribution in [2.45, 2.75) is 25.3 Å². The Bertz CT molecular complexity index is 646. The summed E-state index contributed by atoms with van der Waals surface area (Å²) in [5, 5.41) is 3.68. The topological polar surface area (TPSA) is 43.3 Å². The summed E-state index contributed by atoms with van der Waals surface area (Å²) >= 11 is 0. The van der Waals surface area contributed by atoms with Crippen LogP contribution in [0.3, 0.4) is 0 Å². The lowest BCUT2D eigenvalue weighted by atomic mass is 10.1. The van der Waals surface area contributed by atoms with Gasteiger partial charge in [0.25, 0.3) is 0 Å². The minimum Gasteiger partial charge on any atom is -0.379 e. The minimum absolute atomic E-state index is 0.650. The van der Waals surface area contributed by atoms with Crippen LogP contribution in [0.1, 0.15) is 18.4 Å². The normalized spacial score (nSPS) is 26.9. The van der Waals surface area contributed by atoms with Gasteiger partial charge in [-0.15, -0.1) is 0 Å². The summed E-state index contributed by atoms with van der Waals surface area (Å²) in [7, 11) is 1.92. The van der Waals surface area contributed by atoms with Crippen molar-refractivity contribution in [1.82, 2.24) is 20.0 Å². The van der Waals surface area contributed by atoms with E-state index in [-0.39, 0.29) is 0 Å². The van der Waals surface area contributed by atoms with Crippen molar-refractivity contribution in [3.8, 4) is 0 Å². The van der Waals surface area contributed by atoms with Crippen molar-refractivity contribution < 1.29 is 4.74 Å². The van der Waals surface area contributed by atoms with Crippen LogP contribution in [-0.2, 0) is 11.2 Å². The highest BCUT2D eigenvalue weighted by molar-refractivity contribution is 5.80. The van der Waals surface area contributed by atoms with Gasteiger partial charge in [0.05, 0.1) is 13.2 Å². The van der Waals surface area contributed by atoms with Gasteiger partial charge in [-0.05, 0) is 37.3 Å². The number of guanidine groups is 1. The van der Waals surface area contributed by atoms with Crippen LogP contribution in [0.5, 0.6) is 0 Å². The van der Waals surface area contributed by atoms with Gasteiger partial charge in [0.2, 0.25) is 0 Å². The van der Waals surface area contributed by atoms with Crippen LogP contribution < -0.4 is 5.32 Å². The van der Waals surface area contributed by atoms with Crippen LogP contribution in [0.2, 0.25) is 0 Å². The molecule has 0 radical (unpaired) electrons. The van der Waals surface area contributed by atoms with E-state index < -0.39 is 0 Å². The van der Waals surface area contributed by atoms with Crippen molar-refractivity contribution in [3.05, 3.63) is 35.9 Å². The molecule has 6 heteroatoms. The first-order valence-electron chi connectivity index (χ1n) is 11.4. The molecular formula is C23H37N5O. The molecule has 2 atom stereocenters. The number of nitrogens with one attached hydrogen (secondary N) is 1. The van der Waals surface area contributed by atoms with Gasteiger partial charge in [0.15, 0.2) is 5.96 Å². The molecule has 3 saturated heterocycles. The van der Waals surface area contributed by atoms with Gasteiger partial charge < -0.3 is 19.9 Å². The molecule has 0 aromatic heterocycles. The Morgan fingerprint density at radius 3 is 2.69 bits per heavy atom. The van der Waals surface area contributed by atoms with E-state index in [1.165, 1.54) is 38.0 Å². The quantitative estimate of drug-likeness (QED) is 0.581. The number of hydrogen-bond acceptors (Lipinski definition) is 4. The third-order valence-corrected chi connectivity index (χ3v) is 6.72. The molecule has 0 amide bonds. The third-order valence-electron chi connectivity index (χ3n) is 6.72. The lowest BCUT2D eigenvalue weighted by Crippen LogP contribution is -2.47. The Labute approximate surface area is 175 Å². The zero-order valence-electron chi connectivity index (χ0n) is 17.9. The summed E-state index contributed by atoms with van der Waals surface area (Å²) in [6.45, 7) is 10.7. The van der Waals surface area contributed by atoms with E-state index in [9.17, 15) is 0 Å². The van der Waals surface area contributed by atoms with Gasteiger partial charge in [-0.25, -0.2) is 0 Å². The highest BCUT2D eigenvalue weighted by Crippen LogP contribution is 2.19. The summed E-state index contributed by atoms with van der Waals surface area (Å²) in [6, 6.07) is 11.5. The Hall–Kier alpha value is -1.63. The van der Waals surface area contributed by atoms with Crippen LogP contribution in [0.25, 0.3) is 0 Å². The van der Waals surface area contributed by atoms with E-state index in [2.05, 4.69) is 55.3 Å². The average Bonchev–Trinajstić information content (AvgIpc) is 3.44. The molecule has 2 unspecified atom stereocenters. The second-order valence-electron chi connectivity index (χ2n) is 8.66. The Balaban J connectivity index is 1.17. The first-order chi connectivity index (χ1) is 14.3. The maximum atomic E-state index is 5.51. The lowest BCUT2D eigenvalue weighted by Gasteiger charge is -2.32. The van der Waals surface area contributed by atoms with Crippen LogP contribution in [0, 0.1) is 5.92 Å². The van der Waals surface area contributed by atoms with Crippen LogP contribution >= 0.6 is 0 Å². The van der Waals surface area contributed by atoms with Crippen molar-refractivity contribution >= 4 is 5.96 Å². The summed E-state index contributed by atoms with van der Waals surface area (Å²) in [5.41, 5.74) is 1.44. The standard InChI is InChI=1S/C23H37N5O/c1-24-23(28-12-9-22(19-28)27-13-15-29-16-14-27)25-17-21-8-11-26(18-21)10-7-20-5-3-2-4-6-20/h2-6,21-22H,7-19H2,1H3,(H,24,25). The second-order valence-corrected chi connectivity index (χ2v) is 8.66. The summed E-state index contributed by atoms with van der Waals surface area (Å²) < 4.78 is 5.51. The highest BCUT2D eigenvalue weighted by atomic mass is 16.5. The Morgan fingerprint density at radius 2 is 1.90 bits per heavy atom. The summed E-state index contributed by atoms with van der Waals surface area (Å²) in [4.78, 5) is 12.2. The first-order valence-corrected chi connectivity index (χ1v) is 11.4. The van der Waals surface area contributed by atoms with Crippen molar-refractivity contribution in [2.24, 2.45) is 10.9 Å². The Kier molecular flexibility index (Phi) is 7.41. The largest absolute Gasteiger partial charge is 0.379 e. The van der Waals surface area contributed by atoms with E-state index in [4.69, 9.17) is 4.74 Å². The number of aliphatic imine (C=N–C) groups is 1. The number of ether oxygens (including phenoxy) is 1. The van der Waals surface area contributed by atoms with E-state index >= 15 is 0 Å². The molecule has 0 spiro atoms. The van der Waals surface area contributed by atoms with E-state index in [0.717, 1.165) is 64.2 Å². The van der Waals surface area contributed by atoms with Gasteiger partial charge in [-0.2, -0.15) is 0 Å². The number of benzene rings is 1. The van der Waals surface area contributed by atoms with Crippen LogP contribution in [0.4, 0.5) is 0 Å². The molecule has 0 aliphatic carbocycles. The molecule has 3 fully saturated rings. The Morgan fingerprint density at radius 1 is 1.07 bits per heavy atom. The molecule has 3 heterocycles. The molecule has 0 saturated carbocycles. The molecule has 6 nitrogen and oxygen atoms in total. The molecule has 3 aliphatic rings. The van der Waals surface area contributed by atoms with Gasteiger partial charge in [-0.3, -0.25) is 9.89 Å². The van der Waals surface area contributed by atoms with Gasteiger partial charge >= 0.3 is 0 Å². The molecule has 4 rings (SSSR count). The first kappa shape index (κ1) is 20.6. The molecular weight excluding hydrogens is 362 g/mol. The molecule has 160 valence electrons. The molecule has 1 aromatic rings. The zero-order chi connectivity index (χ0) is 19.9. The molecule has 1 N–H and O–H groups in total. The number of rotatable bonds is 6. The highest BCUT2D eigenvalue weighted by Gasteiger charge is 2.30. The fourth-order valence-electron chi connectivity index (χ4n) is 4.96. The second kappa shape index (κ2) is 10.4. The predicted octanol–water partition coefficient (Wildman–Crippen LogP) is 1.53. The maximum Gasteiger partial charge on any atom is 0.193 e. The van der Waals surface area contributed by atoms with E-state index in [1.54, 1.807) is 0 Å². The van der Waals surface area contributed by atoms with Crippen LogP contribution in [-0.4, -0.2) is 99.3 Å². The predicted molar refractivity (Wildman–Crippen MR) is 118 cm³/mol. The smallest absolute Gasteiger partial charge is 0.193 e. The number of likely N-dealkylation sites (tertiary alicyclic amines) is 2. The zero-order valence-corrected chi connectivity index (χ0v) is 17.9. The van der Waals surface area contributed by atoms with Gasteiger partial charge in [0, 0.05) is 58.9 Å². The molecule has 29 heavy (non-hydrogen) atoms. The van der Waals surface area contributed by atoms with Gasteiger partial charge in [-0.1, -0.05) is 30.3 Å². The SMILES string of the molecule is CN=C(NCC1CCN(CCc2ccccc2)C1)N1CCC(N2CCOCC2)C1. The van der Waals surface area contributed by atoms with E-state index in [1.807, 2.05) is 7.05 Å². The number of hydrogen-bond donors (Lipinski definition) is 1. The number of nitrogens with zero attached hydrogens (tertiary/aromatic N) is 4. The van der Waals surface area contributed by atoms with Gasteiger partial charge in [0.1, 0.15) is 0 Å². The monoisotopic (exact) mass is 399 g/mol. The van der Waals surface area contributed by atoms with Crippen molar-refractivity contribution in [2.75, 3.05) is 72.6 Å². The molecule has 0 bridgehead atoms. The minimum atomic E-state index is 0.650. The fourth-order valence-corrected chi connectivity index (χ4v) is 4.96. The summed E-state index contributed by atoms with van der Waals surface area (Å²) in [6.07, 6.45) is 3.67. The van der Waals surface area contributed by atoms with Crippen molar-refractivity contribution in [3.63, 3.8) is 0 Å². The van der Waals surface area contributed by atoms with Crippen LogP contribution in [0.15, 0.2) is 35.3 Å². The third kappa shape index (κ3) is 5.71. The molecule has 3 aliphatic heterocycles. The lowest BCUT2D eigenvalue weighted by molar-refractivity contribution is 0.0195. The summed E-state index contributed by atoms with van der Waals surface area (Å²) in [5.74, 6) is 1.81. The fraction of sp³-hybridized carbons (Fsp3) is 0.696. The average molecular weight is 400 g/mol. The maximum absolute atomic E-state index is 5.51. The molecule has 1 aromatic carbocycles. The van der Waals surface area contributed by atoms with E-state index in [0.29, 0.717) is 6.04 Å². The number of morpholine rings is 1.